The Hall–Kier alpha value is -0.510. The lowest BCUT2D eigenvalue weighted by molar-refractivity contribution is 0.0854. The number of thioether (sulfide) groups is 1. The number of hydrogen-bond acceptors (Lipinski definition) is 3. The summed E-state index contributed by atoms with van der Waals surface area (Å²) in [7, 11) is 1.84. The van der Waals surface area contributed by atoms with Gasteiger partial charge in [-0.25, -0.2) is 0 Å². The first-order valence-corrected chi connectivity index (χ1v) is 7.75. The van der Waals surface area contributed by atoms with E-state index in [-0.39, 0.29) is 0 Å². The fourth-order valence-corrected chi connectivity index (χ4v) is 4.35. The van der Waals surface area contributed by atoms with Gasteiger partial charge in [-0.3, -0.25) is 0 Å². The second-order valence-electron chi connectivity index (χ2n) is 5.27. The molecule has 3 heteroatoms. The van der Waals surface area contributed by atoms with Gasteiger partial charge in [0.05, 0.1) is 6.10 Å². The van der Waals surface area contributed by atoms with Crippen molar-refractivity contribution in [3.8, 4) is 0 Å². The third-order valence-corrected chi connectivity index (χ3v) is 5.40. The molecule has 3 unspecified atom stereocenters. The lowest BCUT2D eigenvalue weighted by Crippen LogP contribution is -2.40. The van der Waals surface area contributed by atoms with Crippen molar-refractivity contribution in [1.29, 1.82) is 0 Å². The first-order valence-electron chi connectivity index (χ1n) is 6.87. The largest absolute Gasteiger partial charge is 0.380 e. The van der Waals surface area contributed by atoms with Gasteiger partial charge in [0.15, 0.2) is 0 Å². The Morgan fingerprint density at radius 3 is 3.06 bits per heavy atom. The van der Waals surface area contributed by atoms with E-state index in [2.05, 4.69) is 29.6 Å². The summed E-state index contributed by atoms with van der Waals surface area (Å²) in [4.78, 5) is 1.47. The van der Waals surface area contributed by atoms with Crippen molar-refractivity contribution in [2.45, 2.75) is 48.0 Å². The van der Waals surface area contributed by atoms with Gasteiger partial charge < -0.3 is 10.1 Å². The third-order valence-electron chi connectivity index (χ3n) is 4.08. The lowest BCUT2D eigenvalue weighted by Gasteiger charge is -2.21. The lowest BCUT2D eigenvalue weighted by atomic mass is 10.1. The Bertz CT molecular complexity index is 384. The molecule has 2 aliphatic rings. The molecule has 0 amide bonds. The number of benzene rings is 1. The minimum absolute atomic E-state index is 0.429. The minimum atomic E-state index is 0.429. The van der Waals surface area contributed by atoms with E-state index >= 15 is 0 Å². The zero-order valence-corrected chi connectivity index (χ0v) is 11.7. The number of methoxy groups -OCH3 is 1. The van der Waals surface area contributed by atoms with E-state index < -0.39 is 0 Å². The van der Waals surface area contributed by atoms with Crippen molar-refractivity contribution in [2.24, 2.45) is 0 Å². The highest BCUT2D eigenvalue weighted by atomic mass is 32.2. The standard InChI is InChI=1S/C15H21NOS/c1-17-14-7-4-6-13(14)16-10-12-9-11-5-2-3-8-15(11)18-12/h2-3,5,8,12-14,16H,4,6-7,9-10H2,1H3. The number of ether oxygens (including phenoxy) is 1. The van der Waals surface area contributed by atoms with Gasteiger partial charge in [0.25, 0.3) is 0 Å². The Balaban J connectivity index is 1.51. The van der Waals surface area contributed by atoms with Crippen LogP contribution in [0, 0.1) is 0 Å². The molecule has 0 saturated heterocycles. The van der Waals surface area contributed by atoms with Crippen LogP contribution in [-0.4, -0.2) is 31.1 Å². The maximum absolute atomic E-state index is 5.53. The quantitative estimate of drug-likeness (QED) is 0.902. The molecule has 0 bridgehead atoms. The van der Waals surface area contributed by atoms with Gasteiger partial charge in [-0.1, -0.05) is 18.2 Å². The molecular weight excluding hydrogens is 242 g/mol. The van der Waals surface area contributed by atoms with Crippen LogP contribution in [0.2, 0.25) is 0 Å². The number of nitrogens with one attached hydrogen (secondary N) is 1. The maximum Gasteiger partial charge on any atom is 0.0724 e. The van der Waals surface area contributed by atoms with Gasteiger partial charge in [-0.05, 0) is 37.3 Å². The van der Waals surface area contributed by atoms with E-state index in [4.69, 9.17) is 4.74 Å². The molecule has 1 aliphatic heterocycles. The number of hydrogen-bond donors (Lipinski definition) is 1. The number of fused-ring (bicyclic) bond motifs is 1. The number of rotatable bonds is 4. The first-order chi connectivity index (χ1) is 8.86. The summed E-state index contributed by atoms with van der Waals surface area (Å²) in [5.41, 5.74) is 1.52. The molecule has 18 heavy (non-hydrogen) atoms. The molecule has 1 heterocycles. The van der Waals surface area contributed by atoms with Crippen LogP contribution in [0.4, 0.5) is 0 Å². The highest BCUT2D eigenvalue weighted by Crippen LogP contribution is 2.36. The zero-order chi connectivity index (χ0) is 12.4. The van der Waals surface area contributed by atoms with E-state index in [1.165, 1.54) is 36.1 Å². The molecule has 98 valence electrons. The van der Waals surface area contributed by atoms with Crippen LogP contribution in [-0.2, 0) is 11.2 Å². The molecule has 0 aromatic heterocycles. The first kappa shape index (κ1) is 12.5. The Labute approximate surface area is 113 Å². The molecule has 1 fully saturated rings. The molecule has 2 nitrogen and oxygen atoms in total. The Morgan fingerprint density at radius 2 is 2.22 bits per heavy atom. The van der Waals surface area contributed by atoms with Crippen LogP contribution >= 0.6 is 11.8 Å². The predicted molar refractivity (Wildman–Crippen MR) is 76.2 cm³/mol. The van der Waals surface area contributed by atoms with Gasteiger partial charge in [0, 0.05) is 29.8 Å². The van der Waals surface area contributed by atoms with Crippen molar-refractivity contribution in [3.05, 3.63) is 29.8 Å². The van der Waals surface area contributed by atoms with Crippen molar-refractivity contribution in [3.63, 3.8) is 0 Å². The second-order valence-corrected chi connectivity index (χ2v) is 6.61. The van der Waals surface area contributed by atoms with Crippen LogP contribution in [0.3, 0.4) is 0 Å². The fourth-order valence-electron chi connectivity index (χ4n) is 3.09. The van der Waals surface area contributed by atoms with Crippen molar-refractivity contribution in [2.75, 3.05) is 13.7 Å². The van der Waals surface area contributed by atoms with Crippen molar-refractivity contribution < 1.29 is 4.74 Å². The van der Waals surface area contributed by atoms with Gasteiger partial charge >= 0.3 is 0 Å². The normalized spacial score (nSPS) is 30.6. The predicted octanol–water partition coefficient (Wildman–Crippen LogP) is 2.86. The fraction of sp³-hybridized carbons (Fsp3) is 0.600. The molecule has 1 N–H and O–H groups in total. The molecule has 3 rings (SSSR count). The van der Waals surface area contributed by atoms with Crippen LogP contribution < -0.4 is 5.32 Å². The third kappa shape index (κ3) is 2.58. The topological polar surface area (TPSA) is 21.3 Å². The van der Waals surface area contributed by atoms with Crippen molar-refractivity contribution >= 4 is 11.8 Å². The Morgan fingerprint density at radius 1 is 1.33 bits per heavy atom. The van der Waals surface area contributed by atoms with Gasteiger partial charge in [-0.2, -0.15) is 0 Å². The van der Waals surface area contributed by atoms with E-state index in [1.807, 2.05) is 18.9 Å². The summed E-state index contributed by atoms with van der Waals surface area (Å²) >= 11 is 2.03. The molecular formula is C15H21NOS. The summed E-state index contributed by atoms with van der Waals surface area (Å²) in [6.45, 7) is 1.10. The molecule has 1 aromatic rings. The van der Waals surface area contributed by atoms with Crippen LogP contribution in [0.15, 0.2) is 29.2 Å². The van der Waals surface area contributed by atoms with Crippen molar-refractivity contribution in [1.82, 2.24) is 5.32 Å². The van der Waals surface area contributed by atoms with Crippen LogP contribution in [0.5, 0.6) is 0 Å². The van der Waals surface area contributed by atoms with Gasteiger partial charge in [0.2, 0.25) is 0 Å². The van der Waals surface area contributed by atoms with Crippen LogP contribution in [0.1, 0.15) is 24.8 Å². The highest BCUT2D eigenvalue weighted by molar-refractivity contribution is 8.00. The smallest absolute Gasteiger partial charge is 0.0724 e. The van der Waals surface area contributed by atoms with E-state index in [0.717, 1.165) is 6.54 Å². The van der Waals surface area contributed by atoms with Gasteiger partial charge in [0.1, 0.15) is 0 Å². The summed E-state index contributed by atoms with van der Waals surface area (Å²) in [5.74, 6) is 0. The maximum atomic E-state index is 5.53. The van der Waals surface area contributed by atoms with Crippen LogP contribution in [0.25, 0.3) is 0 Å². The molecule has 0 spiro atoms. The second kappa shape index (κ2) is 5.64. The molecule has 0 radical (unpaired) electrons. The molecule has 1 aromatic carbocycles. The molecule has 1 saturated carbocycles. The summed E-state index contributed by atoms with van der Waals surface area (Å²) in [5, 5.41) is 4.41. The summed E-state index contributed by atoms with van der Waals surface area (Å²) in [6, 6.07) is 9.36. The molecule has 1 aliphatic carbocycles. The Kier molecular flexibility index (Phi) is 3.92. The van der Waals surface area contributed by atoms with E-state index in [9.17, 15) is 0 Å². The highest BCUT2D eigenvalue weighted by Gasteiger charge is 2.28. The average molecular weight is 263 g/mol. The summed E-state index contributed by atoms with van der Waals surface area (Å²) < 4.78 is 5.53. The summed E-state index contributed by atoms with van der Waals surface area (Å²) in [6.07, 6.45) is 5.42. The van der Waals surface area contributed by atoms with E-state index in [0.29, 0.717) is 17.4 Å². The molecule has 3 atom stereocenters. The zero-order valence-electron chi connectivity index (χ0n) is 10.9. The monoisotopic (exact) mass is 263 g/mol. The average Bonchev–Trinajstić information content (AvgIpc) is 3.01. The minimum Gasteiger partial charge on any atom is -0.380 e. The van der Waals surface area contributed by atoms with Gasteiger partial charge in [-0.15, -0.1) is 11.8 Å². The SMILES string of the molecule is COC1CCCC1NCC1Cc2ccccc2S1. The van der Waals surface area contributed by atoms with E-state index in [1.54, 1.807) is 0 Å².